The molecule has 1 aromatic heterocycles. The van der Waals surface area contributed by atoms with Gasteiger partial charge in [-0.3, -0.25) is 0 Å². The van der Waals surface area contributed by atoms with Crippen molar-refractivity contribution in [3.63, 3.8) is 0 Å². The monoisotopic (exact) mass is 277 g/mol. The van der Waals surface area contributed by atoms with Crippen molar-refractivity contribution in [2.75, 3.05) is 0 Å². The first-order chi connectivity index (χ1) is 9.20. The van der Waals surface area contributed by atoms with E-state index in [1.165, 1.54) is 0 Å². The van der Waals surface area contributed by atoms with Gasteiger partial charge in [0.15, 0.2) is 0 Å². The van der Waals surface area contributed by atoms with E-state index >= 15 is 0 Å². The maximum Gasteiger partial charge on any atom is 0.0826 e. The molecule has 19 heavy (non-hydrogen) atoms. The molecule has 3 rings (SSSR count). The van der Waals surface area contributed by atoms with Crippen molar-refractivity contribution in [2.24, 2.45) is 5.73 Å². The Morgan fingerprint density at radius 1 is 1.37 bits per heavy atom. The zero-order chi connectivity index (χ0) is 13.4. The summed E-state index contributed by atoms with van der Waals surface area (Å²) in [6, 6.07) is 7.53. The predicted molar refractivity (Wildman–Crippen MR) is 74.4 cm³/mol. The van der Waals surface area contributed by atoms with Crippen molar-refractivity contribution in [1.82, 2.24) is 9.78 Å². The zero-order valence-electron chi connectivity index (χ0n) is 10.5. The van der Waals surface area contributed by atoms with Crippen LogP contribution in [0.3, 0.4) is 0 Å². The lowest BCUT2D eigenvalue weighted by atomic mass is 9.93. The Hall–Kier alpha value is -1.36. The predicted octanol–water partition coefficient (Wildman–Crippen LogP) is 2.35. The highest BCUT2D eigenvalue weighted by Gasteiger charge is 2.26. The van der Waals surface area contributed by atoms with Gasteiger partial charge >= 0.3 is 0 Å². The minimum Gasteiger partial charge on any atom is -0.388 e. The summed E-state index contributed by atoms with van der Waals surface area (Å²) in [4.78, 5) is 0. The van der Waals surface area contributed by atoms with Gasteiger partial charge in [0.25, 0.3) is 0 Å². The molecule has 1 heterocycles. The van der Waals surface area contributed by atoms with Gasteiger partial charge in [-0.1, -0.05) is 11.6 Å². The summed E-state index contributed by atoms with van der Waals surface area (Å²) in [5.74, 6) is 0. The lowest BCUT2D eigenvalue weighted by Crippen LogP contribution is -2.12. The summed E-state index contributed by atoms with van der Waals surface area (Å²) in [6.07, 6.45) is 2.23. The Bertz CT molecular complexity index is 591. The molecule has 0 radical (unpaired) electrons. The number of aromatic nitrogens is 2. The van der Waals surface area contributed by atoms with Crippen LogP contribution >= 0.6 is 11.6 Å². The SMILES string of the molecule is NCc1nn(-c2ccc(Cl)cc2)c2c1C(O)CCC2. The molecular weight excluding hydrogens is 262 g/mol. The minimum atomic E-state index is -0.441. The van der Waals surface area contributed by atoms with Crippen molar-refractivity contribution in [3.8, 4) is 5.69 Å². The van der Waals surface area contributed by atoms with Gasteiger partial charge in [-0.25, -0.2) is 4.68 Å². The Labute approximate surface area is 116 Å². The quantitative estimate of drug-likeness (QED) is 0.886. The Morgan fingerprint density at radius 2 is 2.11 bits per heavy atom. The lowest BCUT2D eigenvalue weighted by molar-refractivity contribution is 0.155. The molecule has 1 aliphatic rings. The van der Waals surface area contributed by atoms with Crippen molar-refractivity contribution in [2.45, 2.75) is 31.9 Å². The molecule has 3 N–H and O–H groups in total. The van der Waals surface area contributed by atoms with E-state index in [1.54, 1.807) is 0 Å². The summed E-state index contributed by atoms with van der Waals surface area (Å²) >= 11 is 5.91. The van der Waals surface area contributed by atoms with Gasteiger partial charge in [0, 0.05) is 17.1 Å². The first kappa shape index (κ1) is 12.7. The van der Waals surface area contributed by atoms with Crippen LogP contribution in [0.2, 0.25) is 5.02 Å². The number of nitrogens with zero attached hydrogens (tertiary/aromatic N) is 2. The fourth-order valence-corrected chi connectivity index (χ4v) is 2.82. The average Bonchev–Trinajstić information content (AvgIpc) is 2.80. The molecule has 0 amide bonds. The van der Waals surface area contributed by atoms with Crippen LogP contribution in [-0.2, 0) is 13.0 Å². The lowest BCUT2D eigenvalue weighted by Gasteiger charge is -2.19. The Balaban J connectivity index is 2.14. The smallest absolute Gasteiger partial charge is 0.0826 e. The molecule has 0 fully saturated rings. The van der Waals surface area contributed by atoms with Gasteiger partial charge in [-0.05, 0) is 43.5 Å². The molecule has 5 heteroatoms. The number of hydrogen-bond acceptors (Lipinski definition) is 3. The van der Waals surface area contributed by atoms with E-state index in [-0.39, 0.29) is 0 Å². The third-order valence-electron chi connectivity index (χ3n) is 3.59. The average molecular weight is 278 g/mol. The third-order valence-corrected chi connectivity index (χ3v) is 3.84. The van der Waals surface area contributed by atoms with Crippen molar-refractivity contribution in [1.29, 1.82) is 0 Å². The van der Waals surface area contributed by atoms with E-state index in [0.29, 0.717) is 11.6 Å². The maximum absolute atomic E-state index is 10.1. The van der Waals surface area contributed by atoms with E-state index in [1.807, 2.05) is 28.9 Å². The maximum atomic E-state index is 10.1. The van der Waals surface area contributed by atoms with Gasteiger partial charge in [0.1, 0.15) is 0 Å². The van der Waals surface area contributed by atoms with Crippen molar-refractivity contribution in [3.05, 3.63) is 46.2 Å². The molecule has 0 aliphatic heterocycles. The van der Waals surface area contributed by atoms with Gasteiger partial charge in [-0.15, -0.1) is 0 Å². The highest BCUT2D eigenvalue weighted by molar-refractivity contribution is 6.30. The molecule has 1 atom stereocenters. The molecule has 4 nitrogen and oxygen atoms in total. The second kappa shape index (κ2) is 4.96. The number of hydrogen-bond donors (Lipinski definition) is 2. The fraction of sp³-hybridized carbons (Fsp3) is 0.357. The standard InChI is InChI=1S/C14H16ClN3O/c15-9-4-6-10(7-5-9)18-12-2-1-3-13(19)14(12)11(8-16)17-18/h4-7,13,19H,1-3,8,16H2. The first-order valence-corrected chi connectivity index (χ1v) is 6.83. The van der Waals surface area contributed by atoms with Crippen LogP contribution in [-0.4, -0.2) is 14.9 Å². The summed E-state index contributed by atoms with van der Waals surface area (Å²) in [5.41, 5.74) is 9.48. The molecule has 1 aromatic carbocycles. The molecule has 1 aliphatic carbocycles. The zero-order valence-corrected chi connectivity index (χ0v) is 11.3. The van der Waals surface area contributed by atoms with Crippen LogP contribution in [0.5, 0.6) is 0 Å². The van der Waals surface area contributed by atoms with Gasteiger partial charge in [0.2, 0.25) is 0 Å². The van der Waals surface area contributed by atoms with Crippen molar-refractivity contribution < 1.29 is 5.11 Å². The summed E-state index contributed by atoms with van der Waals surface area (Å²) < 4.78 is 1.89. The molecule has 0 spiro atoms. The minimum absolute atomic E-state index is 0.347. The highest BCUT2D eigenvalue weighted by atomic mass is 35.5. The van der Waals surface area contributed by atoms with Crippen LogP contribution < -0.4 is 5.73 Å². The summed E-state index contributed by atoms with van der Waals surface area (Å²) in [7, 11) is 0. The Kier molecular flexibility index (Phi) is 3.31. The second-order valence-electron chi connectivity index (χ2n) is 4.81. The fourth-order valence-electron chi connectivity index (χ4n) is 2.69. The van der Waals surface area contributed by atoms with Crippen LogP contribution in [0, 0.1) is 0 Å². The molecule has 2 aromatic rings. The number of fused-ring (bicyclic) bond motifs is 1. The van der Waals surface area contributed by atoms with Crippen molar-refractivity contribution >= 4 is 11.6 Å². The van der Waals surface area contributed by atoms with E-state index in [9.17, 15) is 5.11 Å². The van der Waals surface area contributed by atoms with Crippen LogP contribution in [0.15, 0.2) is 24.3 Å². The molecular formula is C14H16ClN3O. The molecule has 0 saturated heterocycles. The molecule has 1 unspecified atom stereocenters. The first-order valence-electron chi connectivity index (χ1n) is 6.45. The summed E-state index contributed by atoms with van der Waals surface area (Å²) in [5, 5.41) is 15.4. The largest absolute Gasteiger partial charge is 0.388 e. The number of aliphatic hydroxyl groups excluding tert-OH is 1. The topological polar surface area (TPSA) is 64.1 Å². The van der Waals surface area contributed by atoms with E-state index in [0.717, 1.165) is 41.9 Å². The number of halogens is 1. The third kappa shape index (κ3) is 2.16. The normalized spacial score (nSPS) is 18.4. The number of rotatable bonds is 2. The van der Waals surface area contributed by atoms with Crippen LogP contribution in [0.1, 0.15) is 35.9 Å². The number of benzene rings is 1. The van der Waals surface area contributed by atoms with Gasteiger partial charge in [0.05, 0.1) is 23.2 Å². The summed E-state index contributed by atoms with van der Waals surface area (Å²) in [6.45, 7) is 0.347. The van der Waals surface area contributed by atoms with E-state index in [4.69, 9.17) is 17.3 Å². The van der Waals surface area contributed by atoms with Gasteiger partial charge in [-0.2, -0.15) is 5.10 Å². The number of nitrogens with two attached hydrogens (primary N) is 1. The second-order valence-corrected chi connectivity index (χ2v) is 5.24. The Morgan fingerprint density at radius 3 is 2.79 bits per heavy atom. The van der Waals surface area contributed by atoms with E-state index in [2.05, 4.69) is 5.10 Å². The van der Waals surface area contributed by atoms with Crippen LogP contribution in [0.25, 0.3) is 5.69 Å². The van der Waals surface area contributed by atoms with Crippen LogP contribution in [0.4, 0.5) is 0 Å². The molecule has 100 valence electrons. The highest BCUT2D eigenvalue weighted by Crippen LogP contribution is 2.33. The number of aliphatic hydroxyl groups is 1. The van der Waals surface area contributed by atoms with Gasteiger partial charge < -0.3 is 10.8 Å². The molecule has 0 bridgehead atoms. The van der Waals surface area contributed by atoms with E-state index < -0.39 is 6.10 Å². The molecule has 0 saturated carbocycles.